The largest absolute Gasteiger partial charge is 0.337 e. The lowest BCUT2D eigenvalue weighted by Crippen LogP contribution is -2.45. The number of amides is 1. The van der Waals surface area contributed by atoms with Gasteiger partial charge in [-0.05, 0) is 31.3 Å². The Morgan fingerprint density at radius 1 is 1.14 bits per heavy atom. The van der Waals surface area contributed by atoms with E-state index < -0.39 is 0 Å². The summed E-state index contributed by atoms with van der Waals surface area (Å²) in [6.07, 6.45) is 1.72. The van der Waals surface area contributed by atoms with Gasteiger partial charge >= 0.3 is 0 Å². The average Bonchev–Trinajstić information content (AvgIpc) is 3.19. The molecule has 1 aliphatic heterocycles. The van der Waals surface area contributed by atoms with Crippen molar-refractivity contribution in [2.45, 2.75) is 0 Å². The predicted molar refractivity (Wildman–Crippen MR) is 109 cm³/mol. The number of nitrogens with one attached hydrogen (secondary N) is 1. The van der Waals surface area contributed by atoms with Crippen molar-refractivity contribution >= 4 is 23.1 Å². The minimum Gasteiger partial charge on any atom is -0.337 e. The van der Waals surface area contributed by atoms with E-state index >= 15 is 0 Å². The molecule has 1 fully saturated rings. The van der Waals surface area contributed by atoms with E-state index in [1.807, 2.05) is 0 Å². The van der Waals surface area contributed by atoms with E-state index in [0.717, 1.165) is 31.7 Å². The maximum atomic E-state index is 12.8. The Morgan fingerprint density at radius 3 is 2.59 bits per heavy atom. The number of carbonyl (C=O) groups is 1. The molecule has 0 atom stereocenters. The van der Waals surface area contributed by atoms with Crippen molar-refractivity contribution in [2.24, 2.45) is 0 Å². The lowest BCUT2D eigenvalue weighted by atomic mass is 10.2. The highest BCUT2D eigenvalue weighted by Gasteiger charge is 2.19. The quantitative estimate of drug-likeness (QED) is 0.731. The molecule has 1 aromatic carbocycles. The second-order valence-corrected chi connectivity index (χ2v) is 6.52. The number of hydrogen-bond acceptors (Lipinski definition) is 6. The van der Waals surface area contributed by atoms with Gasteiger partial charge in [0.2, 0.25) is 5.95 Å². The van der Waals surface area contributed by atoms with E-state index in [0.29, 0.717) is 30.1 Å². The van der Waals surface area contributed by atoms with Gasteiger partial charge in [-0.2, -0.15) is 5.26 Å². The predicted octanol–water partition coefficient (Wildman–Crippen LogP) is 2.19. The van der Waals surface area contributed by atoms with Crippen LogP contribution in [0.4, 0.5) is 16.0 Å². The maximum absolute atomic E-state index is 12.8. The number of piperazine rings is 1. The number of hydrogen-bond donors (Lipinski definition) is 1. The molecule has 3 aromatic rings. The number of nitrogens with zero attached hydrogens (tertiary/aromatic N) is 6. The van der Waals surface area contributed by atoms with Crippen molar-refractivity contribution in [1.29, 1.82) is 5.26 Å². The minimum atomic E-state index is -0.319. The topological polar surface area (TPSA) is 89.6 Å². The standard InChI is InChI=1S/C19H19N7O.CH3F/c1-24-8-10-25(11-9-24)19-21-13-15-6-7-17(26(15)23-19)18(27)22-16-5-3-2-4-14(16)12-20;1-2/h2-7,13H,8-11H2,1H3,(H,22,27);1H3. The lowest BCUT2D eigenvalue weighted by molar-refractivity contribution is 0.102. The number of benzene rings is 1. The van der Waals surface area contributed by atoms with Crippen LogP contribution in [-0.2, 0) is 0 Å². The number of carbonyl (C=O) groups excluding carboxylic acids is 1. The van der Waals surface area contributed by atoms with Gasteiger partial charge in [-0.3, -0.25) is 9.18 Å². The van der Waals surface area contributed by atoms with Gasteiger partial charge in [0.25, 0.3) is 5.91 Å². The molecule has 150 valence electrons. The van der Waals surface area contributed by atoms with E-state index in [-0.39, 0.29) is 5.91 Å². The summed E-state index contributed by atoms with van der Waals surface area (Å²) in [6.45, 7) is 3.59. The molecule has 3 heterocycles. The van der Waals surface area contributed by atoms with Crippen LogP contribution in [0.15, 0.2) is 42.6 Å². The van der Waals surface area contributed by atoms with Gasteiger partial charge in [0.15, 0.2) is 0 Å². The number of nitriles is 1. The number of alkyl halides is 1. The van der Waals surface area contributed by atoms with Crippen molar-refractivity contribution in [1.82, 2.24) is 19.5 Å². The smallest absolute Gasteiger partial charge is 0.274 e. The monoisotopic (exact) mass is 395 g/mol. The first kappa shape index (κ1) is 20.2. The van der Waals surface area contributed by atoms with E-state index in [9.17, 15) is 14.4 Å². The van der Waals surface area contributed by atoms with Crippen molar-refractivity contribution in [2.75, 3.05) is 50.6 Å². The lowest BCUT2D eigenvalue weighted by Gasteiger charge is -2.32. The molecule has 0 spiro atoms. The first-order valence-corrected chi connectivity index (χ1v) is 9.12. The number of aromatic nitrogens is 3. The highest BCUT2D eigenvalue weighted by atomic mass is 19.1. The molecule has 0 aliphatic carbocycles. The van der Waals surface area contributed by atoms with Crippen molar-refractivity contribution in [3.05, 3.63) is 53.9 Å². The molecule has 0 unspecified atom stereocenters. The van der Waals surface area contributed by atoms with Crippen LogP contribution in [0.3, 0.4) is 0 Å². The van der Waals surface area contributed by atoms with Crippen molar-refractivity contribution in [3.63, 3.8) is 0 Å². The van der Waals surface area contributed by atoms with Crippen LogP contribution in [0.1, 0.15) is 16.1 Å². The molecule has 2 aromatic heterocycles. The van der Waals surface area contributed by atoms with Crippen molar-refractivity contribution in [3.8, 4) is 6.07 Å². The van der Waals surface area contributed by atoms with Gasteiger partial charge in [0.1, 0.15) is 11.8 Å². The normalized spacial score (nSPS) is 14.1. The summed E-state index contributed by atoms with van der Waals surface area (Å²) in [5.74, 6) is 0.291. The Balaban J connectivity index is 0.00000117. The fourth-order valence-corrected chi connectivity index (χ4v) is 3.09. The summed E-state index contributed by atoms with van der Waals surface area (Å²) in [4.78, 5) is 21.6. The molecule has 29 heavy (non-hydrogen) atoms. The molecule has 8 nitrogen and oxygen atoms in total. The molecule has 1 amide bonds. The summed E-state index contributed by atoms with van der Waals surface area (Å²) < 4.78 is 11.1. The summed E-state index contributed by atoms with van der Waals surface area (Å²) in [5.41, 5.74) is 2.04. The highest BCUT2D eigenvalue weighted by molar-refractivity contribution is 6.04. The molecule has 1 saturated heterocycles. The maximum Gasteiger partial charge on any atom is 0.274 e. The van der Waals surface area contributed by atoms with E-state index in [1.54, 1.807) is 47.1 Å². The van der Waals surface area contributed by atoms with Gasteiger partial charge in [0, 0.05) is 26.2 Å². The molecular weight excluding hydrogens is 373 g/mol. The summed E-state index contributed by atoms with van der Waals surface area (Å²) in [5, 5.41) is 16.6. The van der Waals surface area contributed by atoms with Gasteiger partial charge in [-0.1, -0.05) is 12.1 Å². The average molecular weight is 395 g/mol. The van der Waals surface area contributed by atoms with Crippen LogP contribution < -0.4 is 10.2 Å². The van der Waals surface area contributed by atoms with E-state index in [4.69, 9.17) is 0 Å². The van der Waals surface area contributed by atoms with Crippen molar-refractivity contribution < 1.29 is 9.18 Å². The van der Waals surface area contributed by atoms with E-state index in [2.05, 4.69) is 38.3 Å². The first-order valence-electron chi connectivity index (χ1n) is 9.12. The Kier molecular flexibility index (Phi) is 6.36. The number of halogens is 1. The number of para-hydroxylation sites is 1. The van der Waals surface area contributed by atoms with Crippen LogP contribution in [0.25, 0.3) is 5.52 Å². The van der Waals surface area contributed by atoms with Gasteiger partial charge in [-0.15, -0.1) is 5.10 Å². The molecule has 4 rings (SSSR count). The van der Waals surface area contributed by atoms with Crippen LogP contribution in [0, 0.1) is 11.3 Å². The van der Waals surface area contributed by atoms with Gasteiger partial charge < -0.3 is 15.1 Å². The molecule has 0 radical (unpaired) electrons. The van der Waals surface area contributed by atoms with Gasteiger partial charge in [0.05, 0.1) is 30.1 Å². The Labute approximate surface area is 168 Å². The second kappa shape index (κ2) is 9.12. The second-order valence-electron chi connectivity index (χ2n) is 6.52. The third-order valence-corrected chi connectivity index (χ3v) is 4.70. The Bertz CT molecular complexity index is 1030. The van der Waals surface area contributed by atoms with Crippen LogP contribution in [0.5, 0.6) is 0 Å². The zero-order valence-corrected chi connectivity index (χ0v) is 16.3. The van der Waals surface area contributed by atoms with Gasteiger partial charge in [-0.25, -0.2) is 9.50 Å². The van der Waals surface area contributed by atoms with Crippen LogP contribution >= 0.6 is 0 Å². The van der Waals surface area contributed by atoms with Crippen LogP contribution in [-0.4, -0.2) is 65.8 Å². The molecule has 0 bridgehead atoms. The zero-order chi connectivity index (χ0) is 20.8. The zero-order valence-electron chi connectivity index (χ0n) is 16.3. The highest BCUT2D eigenvalue weighted by Crippen LogP contribution is 2.17. The Morgan fingerprint density at radius 2 is 1.86 bits per heavy atom. The fraction of sp³-hybridized carbons (Fsp3) is 0.300. The van der Waals surface area contributed by atoms with E-state index in [1.165, 1.54) is 0 Å². The third-order valence-electron chi connectivity index (χ3n) is 4.70. The number of likely N-dealkylation sites (N-methyl/N-ethyl adjacent to an activating group) is 1. The SMILES string of the molecule is CF.CN1CCN(c2ncc3ccc(C(=O)Nc4ccccc4C#N)n3n2)CC1. The third kappa shape index (κ3) is 4.33. The summed E-state index contributed by atoms with van der Waals surface area (Å²) >= 11 is 0. The Hall–Kier alpha value is -3.51. The fourth-order valence-electron chi connectivity index (χ4n) is 3.09. The minimum absolute atomic E-state index is 0.319. The summed E-state index contributed by atoms with van der Waals surface area (Å²) in [7, 11) is 2.59. The summed E-state index contributed by atoms with van der Waals surface area (Å²) in [6, 6.07) is 12.5. The molecule has 9 heteroatoms. The molecule has 1 aliphatic rings. The van der Waals surface area contributed by atoms with Crippen LogP contribution in [0.2, 0.25) is 0 Å². The first-order chi connectivity index (χ1) is 14.2. The molecule has 0 saturated carbocycles. The number of anilines is 2. The number of rotatable bonds is 3. The molecule has 1 N–H and O–H groups in total. The number of fused-ring (bicyclic) bond motifs is 1. The molecular formula is C20H22FN7O.